The van der Waals surface area contributed by atoms with Gasteiger partial charge in [-0.2, -0.15) is 5.10 Å². The molecular formula is C35H46ClN5O2. The number of carbonyl (C=O) groups excluding carboxylic acids is 1. The Bertz CT molecular complexity index is 1290. The minimum Gasteiger partial charge on any atom is -0.508 e. The van der Waals surface area contributed by atoms with E-state index >= 15 is 0 Å². The molecule has 1 saturated heterocycles. The fraction of sp³-hybridized carbons (Fsp3) is 0.571. The molecular weight excluding hydrogens is 558 g/mol. The Labute approximate surface area is 261 Å². The van der Waals surface area contributed by atoms with E-state index in [2.05, 4.69) is 32.4 Å². The normalized spacial score (nSPS) is 23.6. The van der Waals surface area contributed by atoms with E-state index in [1.54, 1.807) is 18.5 Å². The minimum absolute atomic E-state index is 0.177. The molecule has 2 aliphatic carbocycles. The number of aromatic hydroxyl groups is 1. The van der Waals surface area contributed by atoms with Gasteiger partial charge in [0.05, 0.1) is 6.04 Å². The molecule has 7 nitrogen and oxygen atoms in total. The van der Waals surface area contributed by atoms with Crippen LogP contribution in [0.3, 0.4) is 0 Å². The van der Waals surface area contributed by atoms with Crippen LogP contribution in [-0.2, 0) is 17.8 Å². The number of halogens is 1. The van der Waals surface area contributed by atoms with E-state index in [4.69, 9.17) is 11.6 Å². The van der Waals surface area contributed by atoms with Crippen molar-refractivity contribution < 1.29 is 9.90 Å². The lowest BCUT2D eigenvalue weighted by molar-refractivity contribution is -0.137. The molecule has 1 aliphatic heterocycles. The Morgan fingerprint density at radius 1 is 0.953 bits per heavy atom. The number of nitrogens with zero attached hydrogens (tertiary/aromatic N) is 4. The smallest absolute Gasteiger partial charge is 0.240 e. The van der Waals surface area contributed by atoms with Crippen LogP contribution in [-0.4, -0.2) is 55.9 Å². The summed E-state index contributed by atoms with van der Waals surface area (Å²) in [4.78, 5) is 20.6. The number of benzene rings is 2. The number of phenolic OH excluding ortho intramolecular Hbond substituents is 1. The predicted octanol–water partition coefficient (Wildman–Crippen LogP) is 6.75. The summed E-state index contributed by atoms with van der Waals surface area (Å²) in [7, 11) is 0. The zero-order valence-electron chi connectivity index (χ0n) is 25.2. The number of rotatable bonds is 9. The first-order valence-electron chi connectivity index (χ1n) is 16.4. The predicted molar refractivity (Wildman–Crippen MR) is 170 cm³/mol. The summed E-state index contributed by atoms with van der Waals surface area (Å²) in [5.74, 6) is 1.74. The molecule has 6 rings (SSSR count). The van der Waals surface area contributed by atoms with E-state index in [0.29, 0.717) is 30.0 Å². The number of carbonyl (C=O) groups is 1. The molecule has 230 valence electrons. The van der Waals surface area contributed by atoms with E-state index in [9.17, 15) is 9.90 Å². The summed E-state index contributed by atoms with van der Waals surface area (Å²) in [5, 5.41) is 18.7. The molecule has 8 heteroatoms. The molecule has 2 saturated carbocycles. The number of piperidine rings is 1. The summed E-state index contributed by atoms with van der Waals surface area (Å²) >= 11 is 6.19. The Morgan fingerprint density at radius 3 is 2.30 bits per heavy atom. The second-order valence-electron chi connectivity index (χ2n) is 13.3. The lowest BCUT2D eigenvalue weighted by Gasteiger charge is -2.48. The van der Waals surface area contributed by atoms with Gasteiger partial charge in [0, 0.05) is 30.7 Å². The molecule has 0 spiro atoms. The maximum absolute atomic E-state index is 14.3. The summed E-state index contributed by atoms with van der Waals surface area (Å²) in [6.45, 7) is 2.50. The van der Waals surface area contributed by atoms with Gasteiger partial charge in [0.1, 0.15) is 18.4 Å². The minimum atomic E-state index is -0.256. The molecule has 0 bridgehead atoms. The van der Waals surface area contributed by atoms with Crippen LogP contribution in [0.4, 0.5) is 0 Å². The molecule has 43 heavy (non-hydrogen) atoms. The topological polar surface area (TPSA) is 83.3 Å². The third kappa shape index (κ3) is 7.43. The van der Waals surface area contributed by atoms with Crippen molar-refractivity contribution >= 4 is 17.5 Å². The van der Waals surface area contributed by atoms with Gasteiger partial charge in [-0.05, 0) is 110 Å². The molecule has 3 aromatic rings. The summed E-state index contributed by atoms with van der Waals surface area (Å²) in [6.07, 6.45) is 17.0. The Hall–Kier alpha value is -2.90. The first kappa shape index (κ1) is 30.1. The number of aromatic nitrogens is 3. The zero-order valence-corrected chi connectivity index (χ0v) is 26.0. The van der Waals surface area contributed by atoms with Crippen molar-refractivity contribution in [3.63, 3.8) is 0 Å². The van der Waals surface area contributed by atoms with Gasteiger partial charge in [0.2, 0.25) is 5.91 Å². The lowest BCUT2D eigenvalue weighted by Crippen LogP contribution is -2.55. The molecule has 0 unspecified atom stereocenters. The molecule has 1 aromatic heterocycles. The molecule has 2 N–H and O–H groups in total. The van der Waals surface area contributed by atoms with Crippen molar-refractivity contribution in [2.24, 2.45) is 11.3 Å². The second kappa shape index (κ2) is 13.8. The van der Waals surface area contributed by atoms with Crippen molar-refractivity contribution in [3.8, 4) is 5.75 Å². The Morgan fingerprint density at radius 2 is 1.65 bits per heavy atom. The zero-order chi connectivity index (χ0) is 29.6. The van der Waals surface area contributed by atoms with Gasteiger partial charge in [-0.15, -0.1) is 0 Å². The Balaban J connectivity index is 1.13. The van der Waals surface area contributed by atoms with E-state index in [0.717, 1.165) is 68.7 Å². The molecule has 1 atom stereocenters. The van der Waals surface area contributed by atoms with E-state index < -0.39 is 0 Å². The maximum atomic E-state index is 14.3. The SMILES string of the molecule is O=C([C@@H](Cc1ccc(Cl)cc1)NC1CCC(c2ccc(O)cc2)CC1)N1CCC(Cn2cncn2)(C2CCCCC2)CC1. The van der Waals surface area contributed by atoms with Crippen LogP contribution < -0.4 is 5.32 Å². The van der Waals surface area contributed by atoms with Crippen molar-refractivity contribution in [2.75, 3.05) is 13.1 Å². The molecule has 3 fully saturated rings. The average Bonchev–Trinajstić information content (AvgIpc) is 3.56. The van der Waals surface area contributed by atoms with E-state index in [1.165, 1.54) is 37.7 Å². The third-order valence-electron chi connectivity index (χ3n) is 10.7. The Kier molecular flexibility index (Phi) is 9.68. The number of hydrogen-bond acceptors (Lipinski definition) is 5. The third-order valence-corrected chi connectivity index (χ3v) is 10.9. The highest BCUT2D eigenvalue weighted by Gasteiger charge is 2.44. The average molecular weight is 604 g/mol. The van der Waals surface area contributed by atoms with Gasteiger partial charge in [-0.1, -0.05) is 55.1 Å². The number of phenols is 1. The van der Waals surface area contributed by atoms with Crippen LogP contribution in [0.5, 0.6) is 5.75 Å². The van der Waals surface area contributed by atoms with Crippen molar-refractivity contribution in [1.29, 1.82) is 0 Å². The van der Waals surface area contributed by atoms with Gasteiger partial charge < -0.3 is 15.3 Å². The largest absolute Gasteiger partial charge is 0.508 e. The molecule has 2 aromatic carbocycles. The van der Waals surface area contributed by atoms with Gasteiger partial charge in [-0.25, -0.2) is 4.98 Å². The standard InChI is InChI=1S/C35H46ClN5O2/c36-30-12-6-26(7-13-30)22-33(39-31-14-8-27(9-15-31)28-10-16-32(42)17-11-28)34(43)40-20-18-35(19-21-40,23-41-25-37-24-38-41)29-4-2-1-3-5-29/h6-7,10-13,16-17,24-25,27,29,31,33,39,42H,1-5,8-9,14-15,18-23H2/t27?,31?,33-/m1/s1. The van der Waals surface area contributed by atoms with Crippen LogP contribution in [0, 0.1) is 11.3 Å². The summed E-state index contributed by atoms with van der Waals surface area (Å²) in [6, 6.07) is 15.7. The van der Waals surface area contributed by atoms with Crippen molar-refractivity contribution in [2.45, 2.75) is 102 Å². The fourth-order valence-electron chi connectivity index (χ4n) is 8.14. The number of hydrogen-bond donors (Lipinski definition) is 2. The number of nitrogens with one attached hydrogen (secondary N) is 1. The van der Waals surface area contributed by atoms with Gasteiger partial charge in [-0.3, -0.25) is 9.48 Å². The molecule has 2 heterocycles. The summed E-state index contributed by atoms with van der Waals surface area (Å²) in [5.41, 5.74) is 2.61. The van der Waals surface area contributed by atoms with Crippen LogP contribution in [0.1, 0.15) is 87.7 Å². The van der Waals surface area contributed by atoms with E-state index in [1.807, 2.05) is 35.3 Å². The molecule has 0 radical (unpaired) electrons. The number of amides is 1. The monoisotopic (exact) mass is 603 g/mol. The van der Waals surface area contributed by atoms with Crippen LogP contribution in [0.15, 0.2) is 61.2 Å². The lowest BCUT2D eigenvalue weighted by atomic mass is 9.63. The van der Waals surface area contributed by atoms with Gasteiger partial charge in [0.15, 0.2) is 0 Å². The maximum Gasteiger partial charge on any atom is 0.240 e. The first-order chi connectivity index (χ1) is 21.0. The van der Waals surface area contributed by atoms with Crippen molar-refractivity contribution in [1.82, 2.24) is 25.0 Å². The van der Waals surface area contributed by atoms with Crippen LogP contribution in [0.25, 0.3) is 0 Å². The fourth-order valence-corrected chi connectivity index (χ4v) is 8.26. The molecule has 3 aliphatic rings. The van der Waals surface area contributed by atoms with E-state index in [-0.39, 0.29) is 17.4 Å². The van der Waals surface area contributed by atoms with Crippen molar-refractivity contribution in [3.05, 3.63) is 77.3 Å². The molecule has 1 amide bonds. The quantitative estimate of drug-likeness (QED) is 0.283. The van der Waals surface area contributed by atoms with Crippen LogP contribution in [0.2, 0.25) is 5.02 Å². The van der Waals surface area contributed by atoms with Gasteiger partial charge >= 0.3 is 0 Å². The second-order valence-corrected chi connectivity index (χ2v) is 13.7. The summed E-state index contributed by atoms with van der Waals surface area (Å²) < 4.78 is 2.02. The first-order valence-corrected chi connectivity index (χ1v) is 16.8. The highest BCUT2D eigenvalue weighted by Crippen LogP contribution is 2.47. The van der Waals surface area contributed by atoms with Gasteiger partial charge in [0.25, 0.3) is 0 Å². The highest BCUT2D eigenvalue weighted by atomic mass is 35.5. The van der Waals surface area contributed by atoms with Crippen LogP contribution >= 0.6 is 11.6 Å². The highest BCUT2D eigenvalue weighted by molar-refractivity contribution is 6.30. The number of likely N-dealkylation sites (tertiary alicyclic amines) is 1.